The van der Waals surface area contributed by atoms with E-state index in [1.807, 2.05) is 6.08 Å². The van der Waals surface area contributed by atoms with Gasteiger partial charge in [-0.3, -0.25) is 4.57 Å². The first-order valence-electron chi connectivity index (χ1n) is 9.42. The quantitative estimate of drug-likeness (QED) is 0.543. The Labute approximate surface area is 171 Å². The van der Waals surface area contributed by atoms with Crippen molar-refractivity contribution < 1.29 is 17.2 Å². The van der Waals surface area contributed by atoms with Gasteiger partial charge in [0.15, 0.2) is 5.58 Å². The molecule has 1 N–H and O–H groups in total. The SMILES string of the molecule is Cn1c(=O)oc2cc(S(=O)(=O)n3cc(C4=CCNCC4)c4cc(F)ccc43)ccc21. The van der Waals surface area contributed by atoms with Gasteiger partial charge < -0.3 is 9.73 Å². The van der Waals surface area contributed by atoms with E-state index in [1.54, 1.807) is 13.2 Å². The molecule has 0 saturated heterocycles. The van der Waals surface area contributed by atoms with Crippen LogP contribution in [0.2, 0.25) is 0 Å². The van der Waals surface area contributed by atoms with Crippen LogP contribution in [0.25, 0.3) is 27.6 Å². The third-order valence-corrected chi connectivity index (χ3v) is 7.13. The van der Waals surface area contributed by atoms with Crippen LogP contribution in [-0.4, -0.2) is 30.0 Å². The number of benzene rings is 2. The van der Waals surface area contributed by atoms with Crippen molar-refractivity contribution in [1.29, 1.82) is 0 Å². The fourth-order valence-corrected chi connectivity index (χ4v) is 5.27. The van der Waals surface area contributed by atoms with Gasteiger partial charge in [0, 0.05) is 36.8 Å². The fraction of sp³-hybridized carbons (Fsp3) is 0.190. The van der Waals surface area contributed by atoms with Crippen LogP contribution in [0.3, 0.4) is 0 Å². The van der Waals surface area contributed by atoms with Crippen LogP contribution in [0.15, 0.2) is 62.8 Å². The Morgan fingerprint density at radius 3 is 2.70 bits per heavy atom. The van der Waals surface area contributed by atoms with E-state index in [2.05, 4.69) is 5.32 Å². The standard InChI is InChI=1S/C21H18FN3O4S/c1-24-19-5-3-15(11-20(19)29-21(24)26)30(27,28)25-12-17(13-6-8-23-9-7-13)16-10-14(22)2-4-18(16)25/h2-6,10-12,23H,7-9H2,1H3. The normalized spacial score (nSPS) is 15.1. The molecular formula is C21H18FN3O4S. The van der Waals surface area contributed by atoms with Crippen LogP contribution in [0.1, 0.15) is 12.0 Å². The molecule has 1 aliphatic rings. The van der Waals surface area contributed by atoms with Gasteiger partial charge in [-0.25, -0.2) is 21.6 Å². The van der Waals surface area contributed by atoms with Crippen LogP contribution < -0.4 is 11.1 Å². The van der Waals surface area contributed by atoms with Gasteiger partial charge in [-0.2, -0.15) is 0 Å². The predicted octanol–water partition coefficient (Wildman–Crippen LogP) is 2.84. The lowest BCUT2D eigenvalue weighted by atomic mass is 10.00. The van der Waals surface area contributed by atoms with Gasteiger partial charge in [0.25, 0.3) is 10.0 Å². The Morgan fingerprint density at radius 1 is 1.13 bits per heavy atom. The van der Waals surface area contributed by atoms with Gasteiger partial charge >= 0.3 is 5.76 Å². The van der Waals surface area contributed by atoms with E-state index in [4.69, 9.17) is 4.42 Å². The minimum absolute atomic E-state index is 0.0172. The molecule has 0 aliphatic carbocycles. The number of hydrogen-bond acceptors (Lipinski definition) is 5. The van der Waals surface area contributed by atoms with Crippen LogP contribution >= 0.6 is 0 Å². The number of fused-ring (bicyclic) bond motifs is 2. The highest BCUT2D eigenvalue weighted by molar-refractivity contribution is 7.90. The molecule has 4 aromatic rings. The monoisotopic (exact) mass is 427 g/mol. The van der Waals surface area contributed by atoms with Crippen molar-refractivity contribution in [2.45, 2.75) is 11.3 Å². The molecule has 9 heteroatoms. The summed E-state index contributed by atoms with van der Waals surface area (Å²) in [6.07, 6.45) is 4.25. The van der Waals surface area contributed by atoms with E-state index in [0.717, 1.165) is 18.5 Å². The van der Waals surface area contributed by atoms with Crippen LogP contribution in [-0.2, 0) is 17.1 Å². The summed E-state index contributed by atoms with van der Waals surface area (Å²) in [6, 6.07) is 8.38. The van der Waals surface area contributed by atoms with E-state index in [1.165, 1.54) is 44.9 Å². The second kappa shape index (κ2) is 6.68. The number of halogens is 1. The summed E-state index contributed by atoms with van der Waals surface area (Å²) < 4.78 is 48.6. The summed E-state index contributed by atoms with van der Waals surface area (Å²) in [5.74, 6) is -0.998. The number of aromatic nitrogens is 2. The molecule has 0 radical (unpaired) electrons. The van der Waals surface area contributed by atoms with Crippen LogP contribution in [0, 0.1) is 5.82 Å². The van der Waals surface area contributed by atoms with Crippen molar-refractivity contribution >= 4 is 37.6 Å². The second-order valence-electron chi connectivity index (χ2n) is 7.25. The predicted molar refractivity (Wildman–Crippen MR) is 111 cm³/mol. The smallest absolute Gasteiger partial charge is 0.408 e. The minimum atomic E-state index is -4.01. The fourth-order valence-electron chi connectivity index (χ4n) is 3.88. The molecule has 0 saturated carbocycles. The van der Waals surface area contributed by atoms with Gasteiger partial charge in [-0.15, -0.1) is 0 Å². The van der Waals surface area contributed by atoms with Gasteiger partial charge in [0.1, 0.15) is 5.82 Å². The van der Waals surface area contributed by atoms with E-state index in [-0.39, 0.29) is 10.5 Å². The van der Waals surface area contributed by atoms with Crippen molar-refractivity contribution in [3.8, 4) is 0 Å². The number of oxazole rings is 1. The molecular weight excluding hydrogens is 409 g/mol. The molecule has 1 aliphatic heterocycles. The number of nitrogens with zero attached hydrogens (tertiary/aromatic N) is 2. The van der Waals surface area contributed by atoms with Gasteiger partial charge in [0.2, 0.25) is 0 Å². The maximum absolute atomic E-state index is 14.0. The molecule has 154 valence electrons. The molecule has 0 fully saturated rings. The molecule has 0 unspecified atom stereocenters. The van der Waals surface area contributed by atoms with Crippen molar-refractivity contribution in [3.63, 3.8) is 0 Å². The average Bonchev–Trinajstić information content (AvgIpc) is 3.26. The summed E-state index contributed by atoms with van der Waals surface area (Å²) in [7, 11) is -2.46. The molecule has 5 rings (SSSR count). The van der Waals surface area contributed by atoms with E-state index >= 15 is 0 Å². The lowest BCUT2D eigenvalue weighted by molar-refractivity contribution is 0.527. The molecule has 7 nitrogen and oxygen atoms in total. The van der Waals surface area contributed by atoms with Gasteiger partial charge in [0.05, 0.1) is 15.9 Å². The maximum Gasteiger partial charge on any atom is 0.419 e. The molecule has 0 amide bonds. The van der Waals surface area contributed by atoms with Crippen molar-refractivity contribution in [2.24, 2.45) is 7.05 Å². The zero-order valence-corrected chi connectivity index (χ0v) is 16.9. The Morgan fingerprint density at radius 2 is 1.93 bits per heavy atom. The highest BCUT2D eigenvalue weighted by atomic mass is 32.2. The number of rotatable bonds is 3. The highest BCUT2D eigenvalue weighted by Gasteiger charge is 2.24. The highest BCUT2D eigenvalue weighted by Crippen LogP contribution is 2.33. The molecule has 30 heavy (non-hydrogen) atoms. The molecule has 3 heterocycles. The molecule has 0 spiro atoms. The third-order valence-electron chi connectivity index (χ3n) is 5.46. The molecule has 0 atom stereocenters. The van der Waals surface area contributed by atoms with Gasteiger partial charge in [-0.1, -0.05) is 6.08 Å². The summed E-state index contributed by atoms with van der Waals surface area (Å²) in [5.41, 5.74) is 2.75. The van der Waals surface area contributed by atoms with Crippen molar-refractivity contribution in [1.82, 2.24) is 13.9 Å². The third kappa shape index (κ3) is 2.81. The second-order valence-corrected chi connectivity index (χ2v) is 9.06. The largest absolute Gasteiger partial charge is 0.419 e. The lowest BCUT2D eigenvalue weighted by Crippen LogP contribution is -2.20. The van der Waals surface area contributed by atoms with E-state index in [0.29, 0.717) is 28.5 Å². The Kier molecular flexibility index (Phi) is 4.19. The number of hydrogen-bond donors (Lipinski definition) is 1. The Hall–Kier alpha value is -3.17. The number of aryl methyl sites for hydroxylation is 1. The maximum atomic E-state index is 14.0. The van der Waals surface area contributed by atoms with Gasteiger partial charge in [-0.05, 0) is 48.9 Å². The first kappa shape index (κ1) is 18.8. The summed E-state index contributed by atoms with van der Waals surface area (Å²) in [4.78, 5) is 11.7. The van der Waals surface area contributed by atoms with E-state index in [9.17, 15) is 17.6 Å². The summed E-state index contributed by atoms with van der Waals surface area (Å²) in [6.45, 7) is 1.44. The first-order chi connectivity index (χ1) is 14.4. The minimum Gasteiger partial charge on any atom is -0.408 e. The molecule has 2 aromatic heterocycles. The summed E-state index contributed by atoms with van der Waals surface area (Å²) >= 11 is 0. The zero-order valence-electron chi connectivity index (χ0n) is 16.1. The van der Waals surface area contributed by atoms with Crippen molar-refractivity contribution in [3.05, 3.63) is 70.6 Å². The number of nitrogens with one attached hydrogen (secondary N) is 1. The van der Waals surface area contributed by atoms with Crippen LogP contribution in [0.5, 0.6) is 0 Å². The zero-order chi connectivity index (χ0) is 21.0. The molecule has 0 bridgehead atoms. The lowest BCUT2D eigenvalue weighted by Gasteiger charge is -2.13. The molecule has 2 aromatic carbocycles. The topological polar surface area (TPSA) is 86.2 Å². The first-order valence-corrected chi connectivity index (χ1v) is 10.9. The van der Waals surface area contributed by atoms with Crippen LogP contribution in [0.4, 0.5) is 4.39 Å². The van der Waals surface area contributed by atoms with Crippen molar-refractivity contribution in [2.75, 3.05) is 13.1 Å². The summed E-state index contributed by atoms with van der Waals surface area (Å²) in [5, 5.41) is 3.76. The Balaban J connectivity index is 1.74. The van der Waals surface area contributed by atoms with E-state index < -0.39 is 21.6 Å². The Bertz CT molecular complexity index is 1510. The average molecular weight is 427 g/mol.